The van der Waals surface area contributed by atoms with Crippen molar-refractivity contribution in [2.75, 3.05) is 10.6 Å². The van der Waals surface area contributed by atoms with E-state index in [1.807, 2.05) is 26.0 Å². The summed E-state index contributed by atoms with van der Waals surface area (Å²) in [4.78, 5) is 12.4. The number of thiocarbonyl (C=S) groups is 1. The lowest BCUT2D eigenvalue weighted by atomic mass is 10.0. The fourth-order valence-electron chi connectivity index (χ4n) is 2.32. The zero-order valence-corrected chi connectivity index (χ0v) is 14.5. The maximum atomic E-state index is 12.4. The molecular formula is C17H18ClN3OS. The van der Waals surface area contributed by atoms with E-state index in [0.29, 0.717) is 10.6 Å². The average molecular weight is 348 g/mol. The van der Waals surface area contributed by atoms with Crippen LogP contribution >= 0.6 is 23.8 Å². The number of amides is 1. The standard InChI is InChI=1S/C17H18ClN3OS/c1-3-11-9-14(20-17(19)23)8-10(2)15(11)21-16(22)12-4-6-13(18)7-5-12/h4-9H,3H2,1-2H3,(H,21,22)(H3,19,20,23). The van der Waals surface area contributed by atoms with Gasteiger partial charge in [-0.2, -0.15) is 0 Å². The molecule has 1 amide bonds. The van der Waals surface area contributed by atoms with E-state index < -0.39 is 0 Å². The molecule has 0 spiro atoms. The van der Waals surface area contributed by atoms with Crippen molar-refractivity contribution in [3.05, 3.63) is 58.1 Å². The zero-order valence-electron chi connectivity index (χ0n) is 12.9. The molecule has 4 N–H and O–H groups in total. The first-order chi connectivity index (χ1) is 10.9. The largest absolute Gasteiger partial charge is 0.376 e. The summed E-state index contributed by atoms with van der Waals surface area (Å²) in [5.41, 5.74) is 9.63. The zero-order chi connectivity index (χ0) is 17.0. The Morgan fingerprint density at radius 3 is 2.43 bits per heavy atom. The maximum absolute atomic E-state index is 12.4. The molecule has 0 aliphatic heterocycles. The fourth-order valence-corrected chi connectivity index (χ4v) is 2.56. The van der Waals surface area contributed by atoms with Gasteiger partial charge in [0.25, 0.3) is 5.91 Å². The van der Waals surface area contributed by atoms with Gasteiger partial charge in [-0.25, -0.2) is 0 Å². The van der Waals surface area contributed by atoms with Crippen LogP contribution in [0.5, 0.6) is 0 Å². The number of carbonyl (C=O) groups is 1. The lowest BCUT2D eigenvalue weighted by molar-refractivity contribution is 0.102. The molecule has 2 rings (SSSR count). The summed E-state index contributed by atoms with van der Waals surface area (Å²) in [6.45, 7) is 3.96. The van der Waals surface area contributed by atoms with Crippen LogP contribution in [0.2, 0.25) is 5.02 Å². The number of halogens is 1. The first kappa shape index (κ1) is 17.2. The summed E-state index contributed by atoms with van der Waals surface area (Å²) in [6, 6.07) is 10.6. The van der Waals surface area contributed by atoms with Crippen LogP contribution in [0.25, 0.3) is 0 Å². The van der Waals surface area contributed by atoms with Gasteiger partial charge < -0.3 is 16.4 Å². The Labute approximate surface area is 146 Å². The third-order valence-electron chi connectivity index (χ3n) is 3.41. The molecule has 0 unspecified atom stereocenters. The fraction of sp³-hybridized carbons (Fsp3) is 0.176. The SMILES string of the molecule is CCc1cc(NC(N)=S)cc(C)c1NC(=O)c1ccc(Cl)cc1. The Morgan fingerprint density at radius 1 is 1.22 bits per heavy atom. The smallest absolute Gasteiger partial charge is 0.255 e. The van der Waals surface area contributed by atoms with Gasteiger partial charge in [-0.05, 0) is 73.1 Å². The van der Waals surface area contributed by atoms with Crippen LogP contribution in [0.3, 0.4) is 0 Å². The lowest BCUT2D eigenvalue weighted by Crippen LogP contribution is -2.19. The van der Waals surface area contributed by atoms with Crippen LogP contribution in [-0.4, -0.2) is 11.0 Å². The van der Waals surface area contributed by atoms with Gasteiger partial charge in [-0.15, -0.1) is 0 Å². The van der Waals surface area contributed by atoms with E-state index in [-0.39, 0.29) is 11.0 Å². The van der Waals surface area contributed by atoms with E-state index in [1.54, 1.807) is 24.3 Å². The Kier molecular flexibility index (Phi) is 5.58. The van der Waals surface area contributed by atoms with Gasteiger partial charge in [-0.1, -0.05) is 18.5 Å². The van der Waals surface area contributed by atoms with Gasteiger partial charge in [0.15, 0.2) is 5.11 Å². The van der Waals surface area contributed by atoms with Gasteiger partial charge >= 0.3 is 0 Å². The highest BCUT2D eigenvalue weighted by atomic mass is 35.5. The van der Waals surface area contributed by atoms with Crippen molar-refractivity contribution in [2.24, 2.45) is 5.73 Å². The Morgan fingerprint density at radius 2 is 1.87 bits per heavy atom. The molecule has 0 fully saturated rings. The quantitative estimate of drug-likeness (QED) is 0.728. The van der Waals surface area contributed by atoms with Crippen molar-refractivity contribution in [3.63, 3.8) is 0 Å². The van der Waals surface area contributed by atoms with Crippen molar-refractivity contribution in [3.8, 4) is 0 Å². The van der Waals surface area contributed by atoms with Crippen LogP contribution in [-0.2, 0) is 6.42 Å². The summed E-state index contributed by atoms with van der Waals surface area (Å²) in [5.74, 6) is -0.172. The topological polar surface area (TPSA) is 67.2 Å². The molecule has 4 nitrogen and oxygen atoms in total. The molecule has 2 aromatic carbocycles. The highest BCUT2D eigenvalue weighted by Gasteiger charge is 2.12. The molecule has 0 aliphatic carbocycles. The molecule has 120 valence electrons. The summed E-state index contributed by atoms with van der Waals surface area (Å²) < 4.78 is 0. The Balaban J connectivity index is 2.29. The molecule has 0 saturated carbocycles. The number of benzene rings is 2. The van der Waals surface area contributed by atoms with Crippen LogP contribution in [0.15, 0.2) is 36.4 Å². The highest BCUT2D eigenvalue weighted by molar-refractivity contribution is 7.80. The number of nitrogens with one attached hydrogen (secondary N) is 2. The number of anilines is 2. The van der Waals surface area contributed by atoms with E-state index >= 15 is 0 Å². The molecule has 0 bridgehead atoms. The predicted molar refractivity (Wildman–Crippen MR) is 100 cm³/mol. The van der Waals surface area contributed by atoms with Crippen molar-refractivity contribution in [1.82, 2.24) is 0 Å². The molecule has 0 radical (unpaired) electrons. The third kappa shape index (κ3) is 4.43. The second kappa shape index (κ2) is 7.44. The molecule has 6 heteroatoms. The van der Waals surface area contributed by atoms with E-state index in [0.717, 1.165) is 28.9 Å². The van der Waals surface area contributed by atoms with Crippen LogP contribution in [0.4, 0.5) is 11.4 Å². The normalized spacial score (nSPS) is 10.2. The number of nitrogens with two attached hydrogens (primary N) is 1. The lowest BCUT2D eigenvalue weighted by Gasteiger charge is -2.16. The van der Waals surface area contributed by atoms with Crippen LogP contribution in [0, 0.1) is 6.92 Å². The van der Waals surface area contributed by atoms with Gasteiger partial charge in [0.1, 0.15) is 0 Å². The van der Waals surface area contributed by atoms with Gasteiger partial charge in [0.05, 0.1) is 0 Å². The number of carbonyl (C=O) groups excluding carboxylic acids is 1. The van der Waals surface area contributed by atoms with Crippen LogP contribution in [0.1, 0.15) is 28.4 Å². The number of rotatable bonds is 4. The van der Waals surface area contributed by atoms with Gasteiger partial charge in [-0.3, -0.25) is 4.79 Å². The first-order valence-corrected chi connectivity index (χ1v) is 7.96. The maximum Gasteiger partial charge on any atom is 0.255 e. The van der Waals surface area contributed by atoms with Crippen molar-refractivity contribution >= 4 is 46.2 Å². The second-order valence-electron chi connectivity index (χ2n) is 5.13. The van der Waals surface area contributed by atoms with E-state index in [4.69, 9.17) is 29.6 Å². The Bertz CT molecular complexity index is 744. The molecule has 2 aromatic rings. The van der Waals surface area contributed by atoms with E-state index in [1.165, 1.54) is 0 Å². The highest BCUT2D eigenvalue weighted by Crippen LogP contribution is 2.27. The molecule has 0 heterocycles. The minimum Gasteiger partial charge on any atom is -0.376 e. The predicted octanol–water partition coefficient (Wildman–Crippen LogP) is 4.12. The Hall–Kier alpha value is -2.11. The minimum absolute atomic E-state index is 0.172. The molecule has 23 heavy (non-hydrogen) atoms. The number of hydrogen-bond acceptors (Lipinski definition) is 2. The van der Waals surface area contributed by atoms with E-state index in [9.17, 15) is 4.79 Å². The molecular weight excluding hydrogens is 330 g/mol. The van der Waals surface area contributed by atoms with Crippen LogP contribution < -0.4 is 16.4 Å². The minimum atomic E-state index is -0.172. The first-order valence-electron chi connectivity index (χ1n) is 7.17. The van der Waals surface area contributed by atoms with E-state index in [2.05, 4.69) is 10.6 Å². The number of aryl methyl sites for hydroxylation is 2. The molecule has 0 saturated heterocycles. The third-order valence-corrected chi connectivity index (χ3v) is 3.76. The second-order valence-corrected chi connectivity index (χ2v) is 6.01. The monoisotopic (exact) mass is 347 g/mol. The molecule has 0 aromatic heterocycles. The molecule has 0 atom stereocenters. The number of hydrogen-bond donors (Lipinski definition) is 3. The van der Waals surface area contributed by atoms with Crippen molar-refractivity contribution in [1.29, 1.82) is 0 Å². The summed E-state index contributed by atoms with van der Waals surface area (Å²) in [5, 5.41) is 6.70. The summed E-state index contributed by atoms with van der Waals surface area (Å²) >= 11 is 10.7. The van der Waals surface area contributed by atoms with Crippen molar-refractivity contribution in [2.45, 2.75) is 20.3 Å². The van der Waals surface area contributed by atoms with Gasteiger partial charge in [0.2, 0.25) is 0 Å². The summed E-state index contributed by atoms with van der Waals surface area (Å²) in [6.07, 6.45) is 0.768. The van der Waals surface area contributed by atoms with Crippen molar-refractivity contribution < 1.29 is 4.79 Å². The summed E-state index contributed by atoms with van der Waals surface area (Å²) in [7, 11) is 0. The van der Waals surface area contributed by atoms with Gasteiger partial charge in [0, 0.05) is 22.0 Å². The molecule has 0 aliphatic rings. The average Bonchev–Trinajstić information content (AvgIpc) is 2.49.